The molecule has 0 aromatic rings. The van der Waals surface area contributed by atoms with E-state index in [1.54, 1.807) is 0 Å². The molecular weight excluding hydrogens is 144 g/mol. The molecule has 0 aliphatic carbocycles. The maximum atomic E-state index is 11.0. The van der Waals surface area contributed by atoms with E-state index in [-0.39, 0.29) is 12.0 Å². The zero-order valence-electron chi connectivity index (χ0n) is 7.33. The maximum absolute atomic E-state index is 11.0. The molecule has 0 spiro atoms. The summed E-state index contributed by atoms with van der Waals surface area (Å²) in [6, 6.07) is -0.301. The van der Waals surface area contributed by atoms with Crippen molar-refractivity contribution in [1.29, 1.82) is 0 Å². The van der Waals surface area contributed by atoms with Crippen molar-refractivity contribution in [3.05, 3.63) is 0 Å². The predicted octanol–water partition coefficient (Wildman–Crippen LogP) is -0.562. The first-order valence-corrected chi connectivity index (χ1v) is 3.65. The van der Waals surface area contributed by atoms with Crippen LogP contribution in [0.3, 0.4) is 0 Å². The Hall–Kier alpha value is -0.610. The third-order valence-electron chi connectivity index (χ3n) is 1.73. The van der Waals surface area contributed by atoms with Crippen molar-refractivity contribution in [2.75, 3.05) is 27.2 Å². The lowest BCUT2D eigenvalue weighted by atomic mass is 10.2. The number of hydrogen-bond donors (Lipinski definition) is 1. The molecule has 0 heterocycles. The Balaban J connectivity index is 4.03. The van der Waals surface area contributed by atoms with Crippen LogP contribution in [0.25, 0.3) is 0 Å². The lowest BCUT2D eigenvalue weighted by Gasteiger charge is -2.22. The number of likely N-dealkylation sites (N-methyl/N-ethyl adjacent to an activating group) is 1. The molecule has 0 saturated carbocycles. The SMILES string of the molecule is CCN(C)C(CN)C(=O)OC. The third kappa shape index (κ3) is 2.86. The van der Waals surface area contributed by atoms with Crippen molar-refractivity contribution >= 4 is 5.97 Å². The van der Waals surface area contributed by atoms with Crippen molar-refractivity contribution in [2.45, 2.75) is 13.0 Å². The second-order valence-corrected chi connectivity index (χ2v) is 2.35. The van der Waals surface area contributed by atoms with Gasteiger partial charge in [0.1, 0.15) is 6.04 Å². The summed E-state index contributed by atoms with van der Waals surface area (Å²) in [5.41, 5.74) is 5.38. The molecule has 0 aromatic heterocycles. The van der Waals surface area contributed by atoms with Gasteiger partial charge in [-0.2, -0.15) is 0 Å². The van der Waals surface area contributed by atoms with Gasteiger partial charge < -0.3 is 10.5 Å². The monoisotopic (exact) mass is 160 g/mol. The Kier molecular flexibility index (Phi) is 4.81. The van der Waals surface area contributed by atoms with Gasteiger partial charge in [-0.15, -0.1) is 0 Å². The number of rotatable bonds is 4. The molecule has 1 unspecified atom stereocenters. The number of ether oxygens (including phenoxy) is 1. The van der Waals surface area contributed by atoms with E-state index in [2.05, 4.69) is 4.74 Å². The molecular formula is C7H16N2O2. The van der Waals surface area contributed by atoms with Crippen LogP contribution >= 0.6 is 0 Å². The molecule has 4 heteroatoms. The smallest absolute Gasteiger partial charge is 0.324 e. The molecule has 0 saturated heterocycles. The van der Waals surface area contributed by atoms with Crippen LogP contribution in [-0.4, -0.2) is 44.2 Å². The minimum atomic E-state index is -0.301. The summed E-state index contributed by atoms with van der Waals surface area (Å²) in [4.78, 5) is 12.9. The summed E-state index contributed by atoms with van der Waals surface area (Å²) in [6.07, 6.45) is 0. The van der Waals surface area contributed by atoms with Crippen LogP contribution in [0.4, 0.5) is 0 Å². The molecule has 0 rings (SSSR count). The zero-order valence-corrected chi connectivity index (χ0v) is 7.33. The summed E-state index contributed by atoms with van der Waals surface area (Å²) in [5.74, 6) is -0.267. The fourth-order valence-corrected chi connectivity index (χ4v) is 0.813. The highest BCUT2D eigenvalue weighted by Gasteiger charge is 2.20. The Morgan fingerprint density at radius 1 is 1.73 bits per heavy atom. The number of esters is 1. The van der Waals surface area contributed by atoms with Gasteiger partial charge in [0, 0.05) is 6.54 Å². The van der Waals surface area contributed by atoms with Crippen LogP contribution < -0.4 is 5.73 Å². The second-order valence-electron chi connectivity index (χ2n) is 2.35. The minimum absolute atomic E-state index is 0.267. The summed E-state index contributed by atoms with van der Waals surface area (Å²) in [6.45, 7) is 3.06. The first kappa shape index (κ1) is 10.4. The van der Waals surface area contributed by atoms with E-state index in [4.69, 9.17) is 5.73 Å². The summed E-state index contributed by atoms with van der Waals surface area (Å²) in [5, 5.41) is 0. The van der Waals surface area contributed by atoms with Crippen LogP contribution in [0, 0.1) is 0 Å². The van der Waals surface area contributed by atoms with Gasteiger partial charge in [-0.05, 0) is 13.6 Å². The molecule has 4 nitrogen and oxygen atoms in total. The number of nitrogens with zero attached hydrogens (tertiary/aromatic N) is 1. The largest absolute Gasteiger partial charge is 0.468 e. The predicted molar refractivity (Wildman–Crippen MR) is 43.2 cm³/mol. The van der Waals surface area contributed by atoms with Crippen LogP contribution in [-0.2, 0) is 9.53 Å². The van der Waals surface area contributed by atoms with E-state index in [1.807, 2.05) is 18.9 Å². The van der Waals surface area contributed by atoms with Gasteiger partial charge in [-0.1, -0.05) is 6.92 Å². The van der Waals surface area contributed by atoms with Gasteiger partial charge in [-0.25, -0.2) is 0 Å². The molecule has 0 amide bonds. The highest BCUT2D eigenvalue weighted by atomic mass is 16.5. The number of carbonyl (C=O) groups excluding carboxylic acids is 1. The molecule has 0 aliphatic heterocycles. The molecule has 2 N–H and O–H groups in total. The highest BCUT2D eigenvalue weighted by molar-refractivity contribution is 5.75. The van der Waals surface area contributed by atoms with Gasteiger partial charge in [-0.3, -0.25) is 9.69 Å². The van der Waals surface area contributed by atoms with Gasteiger partial charge in [0.25, 0.3) is 0 Å². The molecule has 11 heavy (non-hydrogen) atoms. The zero-order chi connectivity index (χ0) is 8.85. The summed E-state index contributed by atoms with van der Waals surface area (Å²) < 4.78 is 4.57. The maximum Gasteiger partial charge on any atom is 0.324 e. The quantitative estimate of drug-likeness (QED) is 0.560. The Morgan fingerprint density at radius 3 is 2.55 bits per heavy atom. The molecule has 1 atom stereocenters. The van der Waals surface area contributed by atoms with Crippen LogP contribution in [0.5, 0.6) is 0 Å². The van der Waals surface area contributed by atoms with E-state index in [9.17, 15) is 4.79 Å². The average molecular weight is 160 g/mol. The van der Waals surface area contributed by atoms with Crippen LogP contribution in [0.2, 0.25) is 0 Å². The standard InChI is InChI=1S/C7H16N2O2/c1-4-9(2)6(5-8)7(10)11-3/h6H,4-5,8H2,1-3H3. The lowest BCUT2D eigenvalue weighted by molar-refractivity contribution is -0.146. The number of methoxy groups -OCH3 is 1. The highest BCUT2D eigenvalue weighted by Crippen LogP contribution is 1.95. The normalized spacial score (nSPS) is 13.2. The van der Waals surface area contributed by atoms with E-state index in [1.165, 1.54) is 7.11 Å². The van der Waals surface area contributed by atoms with Gasteiger partial charge in [0.15, 0.2) is 0 Å². The lowest BCUT2D eigenvalue weighted by Crippen LogP contribution is -2.44. The van der Waals surface area contributed by atoms with Gasteiger partial charge in [0.05, 0.1) is 7.11 Å². The molecule has 0 bridgehead atoms. The van der Waals surface area contributed by atoms with Crippen molar-refractivity contribution in [1.82, 2.24) is 4.90 Å². The minimum Gasteiger partial charge on any atom is -0.468 e. The van der Waals surface area contributed by atoms with Crippen molar-refractivity contribution < 1.29 is 9.53 Å². The Bertz CT molecular complexity index is 128. The molecule has 0 aromatic carbocycles. The fraction of sp³-hybridized carbons (Fsp3) is 0.857. The first-order chi connectivity index (χ1) is 5.17. The molecule has 0 aliphatic rings. The molecule has 0 radical (unpaired) electrons. The number of nitrogens with two attached hydrogens (primary N) is 1. The van der Waals surface area contributed by atoms with Gasteiger partial charge in [0.2, 0.25) is 0 Å². The van der Waals surface area contributed by atoms with Gasteiger partial charge >= 0.3 is 5.97 Å². The molecule has 66 valence electrons. The van der Waals surface area contributed by atoms with E-state index in [0.29, 0.717) is 6.54 Å². The van der Waals surface area contributed by atoms with Crippen molar-refractivity contribution in [3.63, 3.8) is 0 Å². The Morgan fingerprint density at radius 2 is 2.27 bits per heavy atom. The summed E-state index contributed by atoms with van der Waals surface area (Å²) in [7, 11) is 3.21. The van der Waals surface area contributed by atoms with E-state index in [0.717, 1.165) is 6.54 Å². The van der Waals surface area contributed by atoms with Crippen molar-refractivity contribution in [3.8, 4) is 0 Å². The van der Waals surface area contributed by atoms with E-state index >= 15 is 0 Å². The average Bonchev–Trinajstić information content (AvgIpc) is 2.05. The van der Waals surface area contributed by atoms with Crippen LogP contribution in [0.1, 0.15) is 6.92 Å². The van der Waals surface area contributed by atoms with Crippen molar-refractivity contribution in [2.24, 2.45) is 5.73 Å². The first-order valence-electron chi connectivity index (χ1n) is 3.65. The second kappa shape index (κ2) is 5.09. The fourth-order valence-electron chi connectivity index (χ4n) is 0.813. The summed E-state index contributed by atoms with van der Waals surface area (Å²) >= 11 is 0. The topological polar surface area (TPSA) is 55.6 Å². The van der Waals surface area contributed by atoms with E-state index < -0.39 is 0 Å². The number of hydrogen-bond acceptors (Lipinski definition) is 4. The Labute approximate surface area is 67.3 Å². The number of carbonyl (C=O) groups is 1. The third-order valence-corrected chi connectivity index (χ3v) is 1.73. The van der Waals surface area contributed by atoms with Crippen LogP contribution in [0.15, 0.2) is 0 Å². The molecule has 0 fully saturated rings.